The van der Waals surface area contributed by atoms with Gasteiger partial charge in [-0.3, -0.25) is 0 Å². The van der Waals surface area contributed by atoms with Crippen LogP contribution in [0.1, 0.15) is 27.7 Å². The van der Waals surface area contributed by atoms with E-state index in [1.807, 2.05) is 32.0 Å². The summed E-state index contributed by atoms with van der Waals surface area (Å²) in [7, 11) is 1.65. The fraction of sp³-hybridized carbons (Fsp3) is 0.538. The number of rotatable bonds is 5. The molecule has 1 N–H and O–H groups in total. The minimum atomic E-state index is 0.142. The maximum absolute atomic E-state index is 5.69. The van der Waals surface area contributed by atoms with Gasteiger partial charge in [0.25, 0.3) is 0 Å². The summed E-state index contributed by atoms with van der Waals surface area (Å²) >= 11 is 0. The van der Waals surface area contributed by atoms with Crippen molar-refractivity contribution in [3.05, 3.63) is 18.2 Å². The molecule has 1 aromatic carbocycles. The second kappa shape index (κ2) is 5.64. The van der Waals surface area contributed by atoms with Gasteiger partial charge in [0.05, 0.1) is 13.2 Å². The van der Waals surface area contributed by atoms with Gasteiger partial charge >= 0.3 is 0 Å². The van der Waals surface area contributed by atoms with E-state index in [-0.39, 0.29) is 6.10 Å². The Balaban J connectivity index is 2.91. The monoisotopic (exact) mass is 223 g/mol. The normalized spacial score (nSPS) is 10.7. The van der Waals surface area contributed by atoms with E-state index < -0.39 is 0 Å². The predicted molar refractivity (Wildman–Crippen MR) is 67.5 cm³/mol. The zero-order chi connectivity index (χ0) is 12.1. The first-order chi connectivity index (χ1) is 7.52. The number of nitrogens with one attached hydrogen (secondary N) is 1. The van der Waals surface area contributed by atoms with Gasteiger partial charge in [-0.1, -0.05) is 0 Å². The molecule has 3 nitrogen and oxygen atoms in total. The summed E-state index contributed by atoms with van der Waals surface area (Å²) < 4.78 is 10.9. The molecule has 0 aliphatic carbocycles. The molecule has 0 atom stereocenters. The lowest BCUT2D eigenvalue weighted by Gasteiger charge is -2.16. The average molecular weight is 223 g/mol. The van der Waals surface area contributed by atoms with Crippen LogP contribution < -0.4 is 14.8 Å². The van der Waals surface area contributed by atoms with Crippen molar-refractivity contribution in [3.63, 3.8) is 0 Å². The fourth-order valence-corrected chi connectivity index (χ4v) is 1.45. The predicted octanol–water partition coefficient (Wildman–Crippen LogP) is 3.30. The van der Waals surface area contributed by atoms with Crippen LogP contribution in [0, 0.1) is 0 Å². The van der Waals surface area contributed by atoms with Crippen molar-refractivity contribution in [1.29, 1.82) is 0 Å². The van der Waals surface area contributed by atoms with E-state index in [2.05, 4.69) is 19.2 Å². The van der Waals surface area contributed by atoms with Crippen LogP contribution in [-0.4, -0.2) is 19.3 Å². The minimum absolute atomic E-state index is 0.142. The topological polar surface area (TPSA) is 30.5 Å². The molecule has 0 spiro atoms. The average Bonchev–Trinajstić information content (AvgIpc) is 2.16. The van der Waals surface area contributed by atoms with Crippen LogP contribution in [0.4, 0.5) is 5.69 Å². The van der Waals surface area contributed by atoms with Gasteiger partial charge in [0.1, 0.15) is 0 Å². The van der Waals surface area contributed by atoms with E-state index in [0.29, 0.717) is 6.04 Å². The smallest absolute Gasteiger partial charge is 0.163 e. The van der Waals surface area contributed by atoms with Gasteiger partial charge in [0, 0.05) is 17.8 Å². The molecule has 0 aliphatic rings. The molecule has 0 aliphatic heterocycles. The molecular formula is C13H21NO2. The van der Waals surface area contributed by atoms with Crippen molar-refractivity contribution in [2.24, 2.45) is 0 Å². The molecular weight excluding hydrogens is 202 g/mol. The summed E-state index contributed by atoms with van der Waals surface area (Å²) in [6.07, 6.45) is 0.142. The molecule has 16 heavy (non-hydrogen) atoms. The molecule has 1 rings (SSSR count). The third kappa shape index (κ3) is 3.65. The number of benzene rings is 1. The highest BCUT2D eigenvalue weighted by Crippen LogP contribution is 2.31. The Bertz CT molecular complexity index is 335. The highest BCUT2D eigenvalue weighted by molar-refractivity contribution is 5.55. The van der Waals surface area contributed by atoms with Crippen LogP contribution in [0.25, 0.3) is 0 Å². The van der Waals surface area contributed by atoms with E-state index in [9.17, 15) is 0 Å². The molecule has 0 bridgehead atoms. The molecule has 0 aromatic heterocycles. The molecule has 0 unspecified atom stereocenters. The standard InChI is InChI=1S/C13H21NO2/c1-9(2)14-11-6-7-12(15-5)13(8-11)16-10(3)4/h6-10,14H,1-5H3. The van der Waals surface area contributed by atoms with Gasteiger partial charge in [-0.15, -0.1) is 0 Å². The number of anilines is 1. The Hall–Kier alpha value is -1.38. The van der Waals surface area contributed by atoms with Gasteiger partial charge < -0.3 is 14.8 Å². The lowest BCUT2D eigenvalue weighted by Crippen LogP contribution is -2.11. The van der Waals surface area contributed by atoms with Crippen molar-refractivity contribution in [3.8, 4) is 11.5 Å². The first kappa shape index (κ1) is 12.7. The van der Waals surface area contributed by atoms with Gasteiger partial charge in [0.15, 0.2) is 11.5 Å². The van der Waals surface area contributed by atoms with Crippen molar-refractivity contribution >= 4 is 5.69 Å². The Labute approximate surface area is 97.8 Å². The molecule has 0 heterocycles. The lowest BCUT2D eigenvalue weighted by molar-refractivity contribution is 0.230. The summed E-state index contributed by atoms with van der Waals surface area (Å²) in [5.41, 5.74) is 1.05. The molecule has 0 saturated heterocycles. The van der Waals surface area contributed by atoms with Crippen LogP contribution in [0.15, 0.2) is 18.2 Å². The third-order valence-electron chi connectivity index (χ3n) is 1.98. The van der Waals surface area contributed by atoms with Crippen LogP contribution in [0.5, 0.6) is 11.5 Å². The van der Waals surface area contributed by atoms with Gasteiger partial charge in [-0.2, -0.15) is 0 Å². The second-order valence-electron chi connectivity index (χ2n) is 4.33. The number of methoxy groups -OCH3 is 1. The Morgan fingerprint density at radius 3 is 2.25 bits per heavy atom. The molecule has 0 amide bonds. The van der Waals surface area contributed by atoms with Crippen LogP contribution in [0.2, 0.25) is 0 Å². The highest BCUT2D eigenvalue weighted by atomic mass is 16.5. The van der Waals surface area contributed by atoms with Gasteiger partial charge in [-0.25, -0.2) is 0 Å². The third-order valence-corrected chi connectivity index (χ3v) is 1.98. The van der Waals surface area contributed by atoms with Crippen LogP contribution >= 0.6 is 0 Å². The lowest BCUT2D eigenvalue weighted by atomic mass is 10.2. The second-order valence-corrected chi connectivity index (χ2v) is 4.33. The fourth-order valence-electron chi connectivity index (χ4n) is 1.45. The number of hydrogen-bond donors (Lipinski definition) is 1. The van der Waals surface area contributed by atoms with Crippen LogP contribution in [0.3, 0.4) is 0 Å². The maximum atomic E-state index is 5.69. The van der Waals surface area contributed by atoms with Crippen molar-refractivity contribution < 1.29 is 9.47 Å². The van der Waals surface area contributed by atoms with E-state index in [1.165, 1.54) is 0 Å². The van der Waals surface area contributed by atoms with Crippen molar-refractivity contribution in [2.75, 3.05) is 12.4 Å². The van der Waals surface area contributed by atoms with Crippen LogP contribution in [-0.2, 0) is 0 Å². The van der Waals surface area contributed by atoms with Crippen molar-refractivity contribution in [2.45, 2.75) is 39.8 Å². The van der Waals surface area contributed by atoms with E-state index in [0.717, 1.165) is 17.2 Å². The van der Waals surface area contributed by atoms with Gasteiger partial charge in [0.2, 0.25) is 0 Å². The molecule has 90 valence electrons. The maximum Gasteiger partial charge on any atom is 0.163 e. The van der Waals surface area contributed by atoms with E-state index in [1.54, 1.807) is 7.11 Å². The first-order valence-corrected chi connectivity index (χ1v) is 5.64. The van der Waals surface area contributed by atoms with Crippen molar-refractivity contribution in [1.82, 2.24) is 0 Å². The Morgan fingerprint density at radius 2 is 1.75 bits per heavy atom. The zero-order valence-electron chi connectivity index (χ0n) is 10.7. The summed E-state index contributed by atoms with van der Waals surface area (Å²) in [5, 5.41) is 3.33. The Morgan fingerprint density at radius 1 is 1.06 bits per heavy atom. The van der Waals surface area contributed by atoms with E-state index in [4.69, 9.17) is 9.47 Å². The first-order valence-electron chi connectivity index (χ1n) is 5.64. The largest absolute Gasteiger partial charge is 0.493 e. The molecule has 0 saturated carbocycles. The number of ether oxygens (including phenoxy) is 2. The van der Waals surface area contributed by atoms with E-state index >= 15 is 0 Å². The quantitative estimate of drug-likeness (QED) is 0.830. The molecule has 0 fully saturated rings. The summed E-state index contributed by atoms with van der Waals surface area (Å²) in [6, 6.07) is 6.29. The summed E-state index contributed by atoms with van der Waals surface area (Å²) in [6.45, 7) is 8.21. The van der Waals surface area contributed by atoms with Gasteiger partial charge in [-0.05, 0) is 39.8 Å². The summed E-state index contributed by atoms with van der Waals surface area (Å²) in [5.74, 6) is 1.55. The molecule has 1 aromatic rings. The summed E-state index contributed by atoms with van der Waals surface area (Å²) in [4.78, 5) is 0. The SMILES string of the molecule is COc1ccc(NC(C)C)cc1OC(C)C. The number of hydrogen-bond acceptors (Lipinski definition) is 3. The molecule has 0 radical (unpaired) electrons. The molecule has 3 heteroatoms. The zero-order valence-corrected chi connectivity index (χ0v) is 10.7. The Kier molecular flexibility index (Phi) is 4.47. The highest BCUT2D eigenvalue weighted by Gasteiger charge is 2.07. The minimum Gasteiger partial charge on any atom is -0.493 e.